The van der Waals surface area contributed by atoms with Crippen molar-refractivity contribution in [1.29, 1.82) is 5.26 Å². The van der Waals surface area contributed by atoms with E-state index in [1.54, 1.807) is 0 Å². The predicted molar refractivity (Wildman–Crippen MR) is 87.8 cm³/mol. The summed E-state index contributed by atoms with van der Waals surface area (Å²) in [4.78, 5) is 24.1. The summed E-state index contributed by atoms with van der Waals surface area (Å²) in [6.07, 6.45) is 0. The van der Waals surface area contributed by atoms with Crippen LogP contribution in [0.3, 0.4) is 0 Å². The molecule has 1 heterocycles. The summed E-state index contributed by atoms with van der Waals surface area (Å²) in [7, 11) is 2.88. The zero-order valence-electron chi connectivity index (χ0n) is 12.4. The number of halogens is 1. The van der Waals surface area contributed by atoms with Crippen molar-refractivity contribution in [3.05, 3.63) is 60.7 Å². The van der Waals surface area contributed by atoms with Crippen molar-refractivity contribution >= 4 is 21.7 Å². The molecule has 0 saturated heterocycles. The Hall–Kier alpha value is -2.33. The van der Waals surface area contributed by atoms with E-state index in [0.29, 0.717) is 0 Å². The SMILES string of the molecule is CC(Nc1c(C#N)c(=O)n(C)c(=O)n1C)c1cccc(Br)c1. The third kappa shape index (κ3) is 2.83. The topological polar surface area (TPSA) is 79.8 Å². The Labute approximate surface area is 135 Å². The number of hydrogen-bond acceptors (Lipinski definition) is 4. The van der Waals surface area contributed by atoms with Crippen LogP contribution in [0.15, 0.2) is 38.3 Å². The fraction of sp³-hybridized carbons (Fsp3) is 0.267. The molecule has 0 aliphatic rings. The van der Waals surface area contributed by atoms with E-state index in [9.17, 15) is 14.9 Å². The number of hydrogen-bond donors (Lipinski definition) is 1. The highest BCUT2D eigenvalue weighted by atomic mass is 79.9. The van der Waals surface area contributed by atoms with Crippen LogP contribution in [0.1, 0.15) is 24.1 Å². The molecule has 2 aromatic rings. The lowest BCUT2D eigenvalue weighted by molar-refractivity contribution is 0.678. The highest BCUT2D eigenvalue weighted by Crippen LogP contribution is 2.22. The van der Waals surface area contributed by atoms with Crippen LogP contribution >= 0.6 is 15.9 Å². The summed E-state index contributed by atoms with van der Waals surface area (Å²) in [5.41, 5.74) is -0.194. The van der Waals surface area contributed by atoms with Gasteiger partial charge in [0.1, 0.15) is 11.9 Å². The van der Waals surface area contributed by atoms with Gasteiger partial charge in [0.25, 0.3) is 5.56 Å². The van der Waals surface area contributed by atoms with Crippen LogP contribution in [0.2, 0.25) is 0 Å². The van der Waals surface area contributed by atoms with Crippen LogP contribution in [0.4, 0.5) is 5.82 Å². The summed E-state index contributed by atoms with van der Waals surface area (Å²) < 4.78 is 3.12. The standard InChI is InChI=1S/C15H15BrN4O2/c1-9(10-5-4-6-11(16)7-10)18-13-12(8-17)14(21)20(3)15(22)19(13)2/h4-7,9,18H,1-3H3. The normalized spacial score (nSPS) is 11.8. The molecule has 114 valence electrons. The number of rotatable bonds is 3. The van der Waals surface area contributed by atoms with Crippen LogP contribution in [0.25, 0.3) is 0 Å². The molecule has 0 aliphatic heterocycles. The van der Waals surface area contributed by atoms with E-state index in [1.807, 2.05) is 37.3 Å². The summed E-state index contributed by atoms with van der Waals surface area (Å²) >= 11 is 3.40. The molecule has 1 aromatic heterocycles. The van der Waals surface area contributed by atoms with Gasteiger partial charge in [-0.15, -0.1) is 0 Å². The second kappa shape index (κ2) is 6.20. The van der Waals surface area contributed by atoms with E-state index in [1.165, 1.54) is 18.7 Å². The van der Waals surface area contributed by atoms with Gasteiger partial charge in [-0.05, 0) is 24.6 Å². The van der Waals surface area contributed by atoms with Gasteiger partial charge in [-0.3, -0.25) is 13.9 Å². The molecule has 0 bridgehead atoms. The summed E-state index contributed by atoms with van der Waals surface area (Å²) in [6, 6.07) is 9.36. The first-order valence-corrected chi connectivity index (χ1v) is 7.38. The quantitative estimate of drug-likeness (QED) is 0.903. The van der Waals surface area contributed by atoms with Crippen molar-refractivity contribution in [2.24, 2.45) is 14.1 Å². The van der Waals surface area contributed by atoms with Crippen molar-refractivity contribution in [3.63, 3.8) is 0 Å². The summed E-state index contributed by atoms with van der Waals surface area (Å²) in [5.74, 6) is 0.225. The molecule has 1 N–H and O–H groups in total. The summed E-state index contributed by atoms with van der Waals surface area (Å²) in [5, 5.41) is 12.3. The summed E-state index contributed by atoms with van der Waals surface area (Å²) in [6.45, 7) is 1.89. The Kier molecular flexibility index (Phi) is 4.52. The van der Waals surface area contributed by atoms with Gasteiger partial charge in [0, 0.05) is 24.6 Å². The smallest absolute Gasteiger partial charge is 0.332 e. The zero-order chi connectivity index (χ0) is 16.4. The molecule has 1 unspecified atom stereocenters. The molecule has 0 saturated carbocycles. The molecule has 1 aromatic carbocycles. The van der Waals surface area contributed by atoms with Gasteiger partial charge in [-0.25, -0.2) is 4.79 Å². The van der Waals surface area contributed by atoms with E-state index in [-0.39, 0.29) is 17.4 Å². The lowest BCUT2D eigenvalue weighted by Gasteiger charge is -2.19. The number of benzene rings is 1. The second-order valence-corrected chi connectivity index (χ2v) is 5.88. The zero-order valence-corrected chi connectivity index (χ0v) is 14.0. The molecule has 0 amide bonds. The fourth-order valence-electron chi connectivity index (χ4n) is 2.18. The van der Waals surface area contributed by atoms with Crippen LogP contribution in [0, 0.1) is 11.3 Å². The van der Waals surface area contributed by atoms with Crippen molar-refractivity contribution in [2.45, 2.75) is 13.0 Å². The number of nitrogens with one attached hydrogen (secondary N) is 1. The first-order valence-electron chi connectivity index (χ1n) is 6.59. The predicted octanol–water partition coefficient (Wildman–Crippen LogP) is 1.89. The minimum Gasteiger partial charge on any atom is -0.364 e. The monoisotopic (exact) mass is 362 g/mol. The van der Waals surface area contributed by atoms with E-state index in [4.69, 9.17) is 0 Å². The Morgan fingerprint density at radius 2 is 1.95 bits per heavy atom. The molecule has 0 fully saturated rings. The van der Waals surface area contributed by atoms with Crippen LogP contribution in [-0.2, 0) is 14.1 Å². The Bertz CT molecular complexity index is 877. The van der Waals surface area contributed by atoms with Crippen molar-refractivity contribution < 1.29 is 0 Å². The van der Waals surface area contributed by atoms with E-state index >= 15 is 0 Å². The molecule has 1 atom stereocenters. The maximum atomic E-state index is 12.0. The number of nitriles is 1. The Morgan fingerprint density at radius 1 is 1.27 bits per heavy atom. The molecule has 0 aliphatic carbocycles. The van der Waals surface area contributed by atoms with Crippen LogP contribution < -0.4 is 16.6 Å². The molecular weight excluding hydrogens is 348 g/mol. The van der Waals surface area contributed by atoms with Gasteiger partial charge in [-0.2, -0.15) is 5.26 Å². The number of anilines is 1. The molecule has 22 heavy (non-hydrogen) atoms. The Balaban J connectivity index is 2.53. The lowest BCUT2D eigenvalue weighted by Crippen LogP contribution is -2.40. The molecule has 0 radical (unpaired) electrons. The minimum atomic E-state index is -0.602. The highest BCUT2D eigenvalue weighted by molar-refractivity contribution is 9.10. The minimum absolute atomic E-state index is 0.0774. The average Bonchev–Trinajstić information content (AvgIpc) is 2.50. The van der Waals surface area contributed by atoms with E-state index in [2.05, 4.69) is 21.2 Å². The van der Waals surface area contributed by atoms with E-state index in [0.717, 1.165) is 14.6 Å². The van der Waals surface area contributed by atoms with Gasteiger partial charge in [0.2, 0.25) is 0 Å². The van der Waals surface area contributed by atoms with Crippen LogP contribution in [-0.4, -0.2) is 9.13 Å². The first kappa shape index (κ1) is 16.0. The van der Waals surface area contributed by atoms with Crippen LogP contribution in [0.5, 0.6) is 0 Å². The average molecular weight is 363 g/mol. The van der Waals surface area contributed by atoms with Crippen molar-refractivity contribution in [1.82, 2.24) is 9.13 Å². The van der Waals surface area contributed by atoms with Gasteiger partial charge >= 0.3 is 5.69 Å². The third-order valence-corrected chi connectivity index (χ3v) is 3.97. The van der Waals surface area contributed by atoms with Crippen molar-refractivity contribution in [3.8, 4) is 6.07 Å². The molecule has 6 nitrogen and oxygen atoms in total. The fourth-order valence-corrected chi connectivity index (χ4v) is 2.60. The molecular formula is C15H15BrN4O2. The van der Waals surface area contributed by atoms with E-state index < -0.39 is 11.2 Å². The third-order valence-electron chi connectivity index (χ3n) is 3.48. The molecule has 2 rings (SSSR count). The maximum Gasteiger partial charge on any atom is 0.332 e. The number of nitrogens with zero attached hydrogens (tertiary/aromatic N) is 3. The second-order valence-electron chi connectivity index (χ2n) is 4.96. The van der Waals surface area contributed by atoms with Gasteiger partial charge < -0.3 is 5.32 Å². The lowest BCUT2D eigenvalue weighted by atomic mass is 10.1. The largest absolute Gasteiger partial charge is 0.364 e. The maximum absolute atomic E-state index is 12.0. The van der Waals surface area contributed by atoms with Crippen molar-refractivity contribution in [2.75, 3.05) is 5.32 Å². The number of aromatic nitrogens is 2. The molecule has 0 spiro atoms. The highest BCUT2D eigenvalue weighted by Gasteiger charge is 2.17. The molecule has 7 heteroatoms. The van der Waals surface area contributed by atoms with Gasteiger partial charge in [-0.1, -0.05) is 28.1 Å². The first-order chi connectivity index (χ1) is 10.4. The van der Waals surface area contributed by atoms with Gasteiger partial charge in [0.15, 0.2) is 5.56 Å². The Morgan fingerprint density at radius 3 is 2.55 bits per heavy atom. The van der Waals surface area contributed by atoms with Gasteiger partial charge in [0.05, 0.1) is 0 Å².